The molecule has 41 heavy (non-hydrogen) atoms. The van der Waals surface area contributed by atoms with Gasteiger partial charge in [0, 0.05) is 18.1 Å². The lowest BCUT2D eigenvalue weighted by molar-refractivity contribution is -0.140. The third-order valence-electron chi connectivity index (χ3n) is 6.32. The van der Waals surface area contributed by atoms with E-state index >= 15 is 0 Å². The molecule has 220 valence electrons. The van der Waals surface area contributed by atoms with Crippen LogP contribution in [0.3, 0.4) is 0 Å². The molecular weight excluding hydrogens is 569 g/mol. The van der Waals surface area contributed by atoms with Gasteiger partial charge in [-0.15, -0.1) is 0 Å². The summed E-state index contributed by atoms with van der Waals surface area (Å²) in [6.45, 7) is 5.78. The predicted octanol–water partition coefficient (Wildman–Crippen LogP) is 5.41. The Kier molecular flexibility index (Phi) is 11.5. The lowest BCUT2D eigenvalue weighted by atomic mass is 10.1. The molecule has 0 saturated heterocycles. The van der Waals surface area contributed by atoms with Crippen LogP contribution in [0.25, 0.3) is 0 Å². The molecule has 1 atom stereocenters. The average Bonchev–Trinajstić information content (AvgIpc) is 2.96. The molecule has 3 aromatic rings. The van der Waals surface area contributed by atoms with E-state index in [1.54, 1.807) is 31.2 Å². The molecular formula is C30H35ClFN3O5S. The first-order valence-electron chi connectivity index (χ1n) is 13.4. The summed E-state index contributed by atoms with van der Waals surface area (Å²) >= 11 is 5.99. The molecule has 1 N–H and O–H groups in total. The molecule has 11 heteroatoms. The maximum absolute atomic E-state index is 14.0. The smallest absolute Gasteiger partial charge is 0.264 e. The van der Waals surface area contributed by atoms with Crippen molar-refractivity contribution in [3.8, 4) is 5.75 Å². The Morgan fingerprint density at radius 3 is 2.15 bits per heavy atom. The number of carbonyl (C=O) groups is 2. The molecule has 0 aliphatic heterocycles. The summed E-state index contributed by atoms with van der Waals surface area (Å²) in [5, 5.41) is 3.19. The molecule has 0 heterocycles. The molecule has 0 aliphatic carbocycles. The van der Waals surface area contributed by atoms with Gasteiger partial charge in [0.05, 0.1) is 17.2 Å². The van der Waals surface area contributed by atoms with Crippen molar-refractivity contribution in [1.29, 1.82) is 0 Å². The van der Waals surface area contributed by atoms with E-state index < -0.39 is 34.3 Å². The Balaban J connectivity index is 2.04. The summed E-state index contributed by atoms with van der Waals surface area (Å²) < 4.78 is 47.9. The maximum atomic E-state index is 14.0. The summed E-state index contributed by atoms with van der Waals surface area (Å²) in [6, 6.07) is 16.7. The summed E-state index contributed by atoms with van der Waals surface area (Å²) in [5.41, 5.74) is 0.830. The van der Waals surface area contributed by atoms with E-state index in [1.165, 1.54) is 53.4 Å². The molecule has 0 aliphatic rings. The highest BCUT2D eigenvalue weighted by Crippen LogP contribution is 2.27. The standard InChI is InChI=1S/C30H35ClFN3O5S/c1-4-19-33-30(37)28(5-2)34(20-22-7-11-24(32)12-8-22)29(36)21-35(25-13-15-26(16-14-25)40-6-3)41(38,39)27-17-9-23(31)10-18-27/h7-18,28H,4-6,19-21H2,1-3H3,(H,33,37). The van der Waals surface area contributed by atoms with Gasteiger partial charge >= 0.3 is 0 Å². The first-order valence-corrected chi connectivity index (χ1v) is 15.2. The van der Waals surface area contributed by atoms with Crippen LogP contribution in [0.4, 0.5) is 10.1 Å². The Bertz CT molecular complexity index is 1400. The number of anilines is 1. The summed E-state index contributed by atoms with van der Waals surface area (Å²) in [7, 11) is -4.23. The predicted molar refractivity (Wildman–Crippen MR) is 158 cm³/mol. The topological polar surface area (TPSA) is 96.0 Å². The largest absolute Gasteiger partial charge is 0.494 e. The van der Waals surface area contributed by atoms with E-state index in [0.717, 1.165) is 4.31 Å². The number of nitrogens with one attached hydrogen (secondary N) is 1. The number of sulfonamides is 1. The first kappa shape index (κ1) is 31.9. The summed E-state index contributed by atoms with van der Waals surface area (Å²) in [6.07, 6.45) is 0.994. The fraction of sp³-hybridized carbons (Fsp3) is 0.333. The van der Waals surface area contributed by atoms with Crippen LogP contribution in [-0.4, -0.2) is 50.9 Å². The average molecular weight is 604 g/mol. The van der Waals surface area contributed by atoms with Gasteiger partial charge < -0.3 is 15.0 Å². The Morgan fingerprint density at radius 1 is 0.951 bits per heavy atom. The van der Waals surface area contributed by atoms with Crippen LogP contribution in [0, 0.1) is 5.82 Å². The molecule has 0 aromatic heterocycles. The Labute approximate surface area is 246 Å². The molecule has 0 spiro atoms. The monoisotopic (exact) mass is 603 g/mol. The minimum absolute atomic E-state index is 0.0186. The molecule has 0 bridgehead atoms. The van der Waals surface area contributed by atoms with Gasteiger partial charge in [-0.2, -0.15) is 0 Å². The van der Waals surface area contributed by atoms with Crippen LogP contribution >= 0.6 is 11.6 Å². The third kappa shape index (κ3) is 8.43. The summed E-state index contributed by atoms with van der Waals surface area (Å²) in [5.74, 6) is -0.838. The second kappa shape index (κ2) is 14.8. The molecule has 3 rings (SSSR count). The zero-order chi connectivity index (χ0) is 30.0. The number of amides is 2. The zero-order valence-electron chi connectivity index (χ0n) is 23.3. The minimum atomic E-state index is -4.23. The quantitative estimate of drug-likeness (QED) is 0.266. The van der Waals surface area contributed by atoms with Crippen molar-refractivity contribution in [2.45, 2.75) is 51.1 Å². The highest BCUT2D eigenvalue weighted by molar-refractivity contribution is 7.92. The van der Waals surface area contributed by atoms with Crippen molar-refractivity contribution in [3.63, 3.8) is 0 Å². The van der Waals surface area contributed by atoms with Gasteiger partial charge in [0.25, 0.3) is 10.0 Å². The number of halogens is 2. The molecule has 3 aromatic carbocycles. The molecule has 0 radical (unpaired) electrons. The van der Waals surface area contributed by atoms with E-state index in [1.807, 2.05) is 13.8 Å². The summed E-state index contributed by atoms with van der Waals surface area (Å²) in [4.78, 5) is 28.4. The number of ether oxygens (including phenoxy) is 1. The lowest BCUT2D eigenvalue weighted by Crippen LogP contribution is -2.52. The van der Waals surface area contributed by atoms with Crippen LogP contribution in [0.1, 0.15) is 39.2 Å². The van der Waals surface area contributed by atoms with Crippen molar-refractivity contribution < 1.29 is 27.1 Å². The Morgan fingerprint density at radius 2 is 1.59 bits per heavy atom. The van der Waals surface area contributed by atoms with E-state index in [4.69, 9.17) is 16.3 Å². The molecule has 8 nitrogen and oxygen atoms in total. The minimum Gasteiger partial charge on any atom is -0.494 e. The normalized spacial score (nSPS) is 11.9. The molecule has 0 saturated carbocycles. The van der Waals surface area contributed by atoms with Gasteiger partial charge in [-0.25, -0.2) is 12.8 Å². The maximum Gasteiger partial charge on any atom is 0.264 e. The van der Waals surface area contributed by atoms with E-state index in [2.05, 4.69) is 5.32 Å². The van der Waals surface area contributed by atoms with Crippen LogP contribution in [0.5, 0.6) is 5.75 Å². The van der Waals surface area contributed by atoms with Crippen molar-refractivity contribution in [3.05, 3.63) is 89.2 Å². The molecule has 0 fully saturated rings. The van der Waals surface area contributed by atoms with E-state index in [9.17, 15) is 22.4 Å². The second-order valence-corrected chi connectivity index (χ2v) is 11.6. The Hall–Kier alpha value is -3.63. The van der Waals surface area contributed by atoms with Crippen molar-refractivity contribution in [2.24, 2.45) is 0 Å². The zero-order valence-corrected chi connectivity index (χ0v) is 24.9. The number of hydrogen-bond acceptors (Lipinski definition) is 5. The highest BCUT2D eigenvalue weighted by atomic mass is 35.5. The van der Waals surface area contributed by atoms with Crippen LogP contribution < -0.4 is 14.4 Å². The van der Waals surface area contributed by atoms with Gasteiger partial charge in [0.15, 0.2) is 0 Å². The number of hydrogen-bond donors (Lipinski definition) is 1. The fourth-order valence-electron chi connectivity index (χ4n) is 4.21. The van der Waals surface area contributed by atoms with E-state index in [-0.39, 0.29) is 29.5 Å². The lowest BCUT2D eigenvalue weighted by Gasteiger charge is -2.33. The van der Waals surface area contributed by atoms with Gasteiger partial charge in [0.2, 0.25) is 11.8 Å². The van der Waals surface area contributed by atoms with Crippen LogP contribution in [0.2, 0.25) is 5.02 Å². The third-order valence-corrected chi connectivity index (χ3v) is 8.36. The van der Waals surface area contributed by atoms with Crippen molar-refractivity contribution in [2.75, 3.05) is 24.0 Å². The SMILES string of the molecule is CCCNC(=O)C(CC)N(Cc1ccc(F)cc1)C(=O)CN(c1ccc(OCC)cc1)S(=O)(=O)c1ccc(Cl)cc1. The highest BCUT2D eigenvalue weighted by Gasteiger charge is 2.33. The number of carbonyl (C=O) groups excluding carboxylic acids is 2. The van der Waals surface area contributed by atoms with E-state index in [0.29, 0.717) is 35.9 Å². The molecule has 1 unspecified atom stereocenters. The van der Waals surface area contributed by atoms with Crippen molar-refractivity contribution in [1.82, 2.24) is 10.2 Å². The number of nitrogens with zero attached hydrogens (tertiary/aromatic N) is 2. The number of benzene rings is 3. The van der Waals surface area contributed by atoms with Gasteiger partial charge in [-0.3, -0.25) is 13.9 Å². The van der Waals surface area contributed by atoms with Crippen molar-refractivity contribution >= 4 is 39.1 Å². The second-order valence-electron chi connectivity index (χ2n) is 9.26. The number of rotatable bonds is 14. The van der Waals surface area contributed by atoms with Gasteiger partial charge in [-0.05, 0) is 86.0 Å². The van der Waals surface area contributed by atoms with Gasteiger partial charge in [0.1, 0.15) is 24.2 Å². The van der Waals surface area contributed by atoms with Gasteiger partial charge in [-0.1, -0.05) is 37.6 Å². The molecule has 2 amide bonds. The fourth-order valence-corrected chi connectivity index (χ4v) is 5.75. The van der Waals surface area contributed by atoms with Crippen LogP contribution in [-0.2, 0) is 26.2 Å². The van der Waals surface area contributed by atoms with Crippen LogP contribution in [0.15, 0.2) is 77.7 Å². The first-order chi connectivity index (χ1) is 19.6.